The van der Waals surface area contributed by atoms with Crippen LogP contribution in [0.4, 0.5) is 11.6 Å². The minimum absolute atomic E-state index is 0.0434. The smallest absolute Gasteiger partial charge is 0.266 e. The molecule has 1 aromatic carbocycles. The molecular weight excluding hydrogens is 352 g/mol. The maximum atomic E-state index is 12.0. The van der Waals surface area contributed by atoms with Gasteiger partial charge in [0.05, 0.1) is 16.7 Å². The number of para-hydroxylation sites is 2. The van der Waals surface area contributed by atoms with E-state index in [1.54, 1.807) is 10.7 Å². The van der Waals surface area contributed by atoms with Gasteiger partial charge in [-0.3, -0.25) is 4.79 Å². The number of fused-ring (bicyclic) bond motifs is 1. The molecule has 0 saturated carbocycles. The molecule has 0 N–H and O–H groups in total. The average Bonchev–Trinajstić information content (AvgIpc) is 2.69. The third-order valence-electron chi connectivity index (χ3n) is 5.01. The fraction of sp³-hybridized carbons (Fsp3) is 0.429. The second-order valence-electron chi connectivity index (χ2n) is 7.70. The van der Waals surface area contributed by atoms with E-state index in [1.807, 2.05) is 37.3 Å². The van der Waals surface area contributed by atoms with Crippen molar-refractivity contribution < 1.29 is 0 Å². The van der Waals surface area contributed by atoms with Crippen LogP contribution in [-0.2, 0) is 6.54 Å². The molecule has 28 heavy (non-hydrogen) atoms. The molecule has 0 atom stereocenters. The van der Waals surface area contributed by atoms with Crippen LogP contribution in [0.3, 0.4) is 0 Å². The van der Waals surface area contributed by atoms with E-state index in [4.69, 9.17) is 9.97 Å². The number of nitrogens with zero attached hydrogens (tertiary/aromatic N) is 6. The predicted molar refractivity (Wildman–Crippen MR) is 112 cm³/mol. The number of anilines is 2. The highest BCUT2D eigenvalue weighted by molar-refractivity contribution is 5.76. The van der Waals surface area contributed by atoms with Crippen molar-refractivity contribution in [1.82, 2.24) is 19.7 Å². The first-order valence-electron chi connectivity index (χ1n) is 9.83. The van der Waals surface area contributed by atoms with Crippen LogP contribution in [-0.4, -0.2) is 45.9 Å². The van der Waals surface area contributed by atoms with Crippen LogP contribution in [0, 0.1) is 12.8 Å². The average molecular weight is 378 g/mol. The third kappa shape index (κ3) is 3.69. The lowest BCUT2D eigenvalue weighted by Crippen LogP contribution is -2.47. The summed E-state index contributed by atoms with van der Waals surface area (Å²) >= 11 is 0. The van der Waals surface area contributed by atoms with Gasteiger partial charge in [0.15, 0.2) is 5.82 Å². The van der Waals surface area contributed by atoms with Crippen LogP contribution < -0.4 is 15.4 Å². The van der Waals surface area contributed by atoms with Crippen molar-refractivity contribution in [1.29, 1.82) is 0 Å². The van der Waals surface area contributed by atoms with Crippen molar-refractivity contribution >= 4 is 22.7 Å². The number of piperazine rings is 1. The maximum absolute atomic E-state index is 12.0. The van der Waals surface area contributed by atoms with Gasteiger partial charge < -0.3 is 9.80 Å². The Morgan fingerprint density at radius 1 is 0.929 bits per heavy atom. The summed E-state index contributed by atoms with van der Waals surface area (Å²) in [7, 11) is 0. The number of benzene rings is 1. The Kier molecular flexibility index (Phi) is 4.98. The zero-order valence-corrected chi connectivity index (χ0v) is 16.7. The molecule has 3 heterocycles. The molecule has 1 aliphatic heterocycles. The normalized spacial score (nSPS) is 14.9. The Bertz CT molecular complexity index is 1040. The van der Waals surface area contributed by atoms with Gasteiger partial charge in [0.1, 0.15) is 5.82 Å². The van der Waals surface area contributed by atoms with Crippen LogP contribution in [0.15, 0.2) is 41.2 Å². The Balaban J connectivity index is 1.51. The largest absolute Gasteiger partial charge is 0.352 e. The number of aryl methyl sites for hydroxylation is 1. The lowest BCUT2D eigenvalue weighted by atomic mass is 10.2. The van der Waals surface area contributed by atoms with E-state index in [0.717, 1.165) is 54.5 Å². The van der Waals surface area contributed by atoms with Crippen molar-refractivity contribution in [2.45, 2.75) is 27.3 Å². The van der Waals surface area contributed by atoms with Crippen molar-refractivity contribution in [2.24, 2.45) is 5.92 Å². The van der Waals surface area contributed by atoms with Crippen molar-refractivity contribution in [3.8, 4) is 0 Å². The molecule has 2 aromatic heterocycles. The maximum Gasteiger partial charge on any atom is 0.266 e. The second-order valence-corrected chi connectivity index (χ2v) is 7.70. The highest BCUT2D eigenvalue weighted by Gasteiger charge is 2.22. The summed E-state index contributed by atoms with van der Waals surface area (Å²) in [6.45, 7) is 10.2. The van der Waals surface area contributed by atoms with E-state index in [0.29, 0.717) is 12.5 Å². The number of hydrogen-bond acceptors (Lipinski definition) is 6. The highest BCUT2D eigenvalue weighted by Crippen LogP contribution is 2.22. The molecule has 1 saturated heterocycles. The van der Waals surface area contributed by atoms with E-state index >= 15 is 0 Å². The molecule has 7 nitrogen and oxygen atoms in total. The molecule has 146 valence electrons. The standard InChI is InChI=1S/C21H26N6O/c1-15(2)14-27-20(28)9-8-19(24-27)25-10-12-26(13-11-25)21-16(3)22-17-6-4-5-7-18(17)23-21/h4-9,15H,10-14H2,1-3H3. The molecule has 0 spiro atoms. The monoisotopic (exact) mass is 378 g/mol. The number of aromatic nitrogens is 4. The summed E-state index contributed by atoms with van der Waals surface area (Å²) < 4.78 is 1.57. The van der Waals surface area contributed by atoms with Crippen molar-refractivity contribution in [3.05, 3.63) is 52.4 Å². The van der Waals surface area contributed by atoms with E-state index in [2.05, 4.69) is 28.7 Å². The van der Waals surface area contributed by atoms with Crippen molar-refractivity contribution in [3.63, 3.8) is 0 Å². The molecule has 4 rings (SSSR count). The Morgan fingerprint density at radius 3 is 2.25 bits per heavy atom. The van der Waals surface area contributed by atoms with Gasteiger partial charge in [-0.25, -0.2) is 14.6 Å². The van der Waals surface area contributed by atoms with Crippen LogP contribution >= 0.6 is 0 Å². The first-order valence-corrected chi connectivity index (χ1v) is 9.83. The summed E-state index contributed by atoms with van der Waals surface area (Å²) in [4.78, 5) is 26.1. The first-order chi connectivity index (χ1) is 13.5. The van der Waals surface area contributed by atoms with Gasteiger partial charge in [0, 0.05) is 38.8 Å². The molecule has 0 unspecified atom stereocenters. The Labute approximate surface area is 164 Å². The molecule has 1 fully saturated rings. The number of rotatable bonds is 4. The van der Waals surface area contributed by atoms with Gasteiger partial charge in [0.2, 0.25) is 0 Å². The summed E-state index contributed by atoms with van der Waals surface area (Å²) in [5.41, 5.74) is 2.76. The Morgan fingerprint density at radius 2 is 1.57 bits per heavy atom. The minimum Gasteiger partial charge on any atom is -0.352 e. The van der Waals surface area contributed by atoms with Crippen LogP contribution in [0.2, 0.25) is 0 Å². The summed E-state index contributed by atoms with van der Waals surface area (Å²) in [6.07, 6.45) is 0. The lowest BCUT2D eigenvalue weighted by molar-refractivity contribution is 0.461. The molecule has 0 amide bonds. The fourth-order valence-electron chi connectivity index (χ4n) is 3.61. The zero-order chi connectivity index (χ0) is 19.7. The van der Waals surface area contributed by atoms with Crippen LogP contribution in [0.1, 0.15) is 19.5 Å². The third-order valence-corrected chi connectivity index (χ3v) is 5.01. The van der Waals surface area contributed by atoms with Crippen molar-refractivity contribution in [2.75, 3.05) is 36.0 Å². The van der Waals surface area contributed by atoms with Crippen LogP contribution in [0.25, 0.3) is 11.0 Å². The Hall–Kier alpha value is -2.96. The SMILES string of the molecule is Cc1nc2ccccc2nc1N1CCN(c2ccc(=O)n(CC(C)C)n2)CC1. The summed E-state index contributed by atoms with van der Waals surface area (Å²) in [5, 5.41) is 4.58. The predicted octanol–water partition coefficient (Wildman–Crippen LogP) is 2.48. The van der Waals surface area contributed by atoms with E-state index < -0.39 is 0 Å². The fourth-order valence-corrected chi connectivity index (χ4v) is 3.61. The van der Waals surface area contributed by atoms with Gasteiger partial charge in [-0.15, -0.1) is 0 Å². The zero-order valence-electron chi connectivity index (χ0n) is 16.7. The molecule has 0 aliphatic carbocycles. The highest BCUT2D eigenvalue weighted by atomic mass is 16.1. The molecule has 7 heteroatoms. The molecule has 3 aromatic rings. The van der Waals surface area contributed by atoms with E-state index in [-0.39, 0.29) is 5.56 Å². The summed E-state index contributed by atoms with van der Waals surface area (Å²) in [6, 6.07) is 11.4. The van der Waals surface area contributed by atoms with Gasteiger partial charge in [-0.1, -0.05) is 26.0 Å². The minimum atomic E-state index is -0.0434. The van der Waals surface area contributed by atoms with E-state index in [9.17, 15) is 4.79 Å². The van der Waals surface area contributed by atoms with Gasteiger partial charge in [-0.2, -0.15) is 5.10 Å². The van der Waals surface area contributed by atoms with Crippen LogP contribution in [0.5, 0.6) is 0 Å². The quantitative estimate of drug-likeness (QED) is 0.695. The van der Waals surface area contributed by atoms with Gasteiger partial charge >= 0.3 is 0 Å². The number of hydrogen-bond donors (Lipinski definition) is 0. The molecular formula is C21H26N6O. The molecule has 0 radical (unpaired) electrons. The van der Waals surface area contributed by atoms with E-state index in [1.165, 1.54) is 0 Å². The molecule has 0 bridgehead atoms. The molecule has 1 aliphatic rings. The first kappa shape index (κ1) is 18.4. The summed E-state index contributed by atoms with van der Waals surface area (Å²) in [5.74, 6) is 2.20. The van der Waals surface area contributed by atoms with Gasteiger partial charge in [-0.05, 0) is 31.0 Å². The lowest BCUT2D eigenvalue weighted by Gasteiger charge is -2.36. The van der Waals surface area contributed by atoms with Gasteiger partial charge in [0.25, 0.3) is 5.56 Å². The topological polar surface area (TPSA) is 67.2 Å². The second kappa shape index (κ2) is 7.58.